The number of esters is 1. The summed E-state index contributed by atoms with van der Waals surface area (Å²) in [5, 5.41) is 0. The average molecular weight is 310 g/mol. The number of carbonyl (C=O) groups is 1. The van der Waals surface area contributed by atoms with E-state index < -0.39 is 0 Å². The zero-order chi connectivity index (χ0) is 16.3. The van der Waals surface area contributed by atoms with Crippen molar-refractivity contribution in [3.63, 3.8) is 0 Å². The third kappa shape index (κ3) is 3.11. The zero-order valence-corrected chi connectivity index (χ0v) is 13.7. The highest BCUT2D eigenvalue weighted by atomic mass is 16.5. The Morgan fingerprint density at radius 3 is 2.48 bits per heavy atom. The van der Waals surface area contributed by atoms with Crippen LogP contribution in [0.3, 0.4) is 0 Å². The number of aryl methyl sites for hydroxylation is 1. The lowest BCUT2D eigenvalue weighted by Crippen LogP contribution is -2.37. The maximum Gasteiger partial charge on any atom is 0.341 e. The minimum Gasteiger partial charge on any atom is -0.462 e. The number of nitrogens with zero attached hydrogens (tertiary/aromatic N) is 2. The van der Waals surface area contributed by atoms with Gasteiger partial charge in [0.1, 0.15) is 5.82 Å². The normalized spacial score (nSPS) is 15.7. The highest BCUT2D eigenvalue weighted by molar-refractivity contribution is 5.88. The first-order chi connectivity index (χ1) is 11.1. The van der Waals surface area contributed by atoms with Gasteiger partial charge in [-0.15, -0.1) is 0 Å². The molecule has 1 fully saturated rings. The minimum atomic E-state index is -0.365. The molecule has 23 heavy (non-hydrogen) atoms. The number of aromatic nitrogens is 2. The lowest BCUT2D eigenvalue weighted by molar-refractivity contribution is 0.0525. The first kappa shape index (κ1) is 15.7. The van der Waals surface area contributed by atoms with Crippen molar-refractivity contribution in [2.75, 3.05) is 6.61 Å². The molecular formula is C19H22N2O2. The Hall–Kier alpha value is -2.23. The van der Waals surface area contributed by atoms with E-state index in [-0.39, 0.29) is 11.4 Å². The van der Waals surface area contributed by atoms with Gasteiger partial charge < -0.3 is 4.74 Å². The number of benzene rings is 1. The molecule has 0 radical (unpaired) electrons. The van der Waals surface area contributed by atoms with Gasteiger partial charge in [-0.1, -0.05) is 30.7 Å². The Balaban J connectivity index is 1.80. The molecule has 120 valence electrons. The van der Waals surface area contributed by atoms with Gasteiger partial charge in [-0.3, -0.25) is 0 Å². The second-order valence-corrected chi connectivity index (χ2v) is 6.23. The molecule has 0 atom stereocenters. The summed E-state index contributed by atoms with van der Waals surface area (Å²) in [4.78, 5) is 20.5. The molecular weight excluding hydrogens is 288 g/mol. The van der Waals surface area contributed by atoms with E-state index in [0.29, 0.717) is 12.2 Å². The van der Waals surface area contributed by atoms with Crippen molar-refractivity contribution in [1.29, 1.82) is 0 Å². The Kier molecular flexibility index (Phi) is 4.42. The quantitative estimate of drug-likeness (QED) is 0.791. The maximum atomic E-state index is 11.7. The highest BCUT2D eigenvalue weighted by Gasteiger charge is 2.40. The number of hydrogen-bond donors (Lipinski definition) is 0. The molecule has 4 nitrogen and oxygen atoms in total. The molecule has 1 heterocycles. The fourth-order valence-electron chi connectivity index (χ4n) is 3.38. The molecule has 0 bridgehead atoms. The van der Waals surface area contributed by atoms with E-state index in [2.05, 4.69) is 41.2 Å². The molecule has 0 saturated heterocycles. The van der Waals surface area contributed by atoms with Crippen LogP contribution in [-0.2, 0) is 16.6 Å². The van der Waals surface area contributed by atoms with Crippen molar-refractivity contribution in [2.45, 2.75) is 44.9 Å². The first-order valence-electron chi connectivity index (χ1n) is 8.19. The van der Waals surface area contributed by atoms with Gasteiger partial charge in [0.15, 0.2) is 0 Å². The summed E-state index contributed by atoms with van der Waals surface area (Å²) in [5.41, 5.74) is 3.30. The van der Waals surface area contributed by atoms with Crippen LogP contribution in [0.5, 0.6) is 0 Å². The number of rotatable bonds is 5. The molecule has 1 aromatic heterocycles. The van der Waals surface area contributed by atoms with Crippen LogP contribution in [0.25, 0.3) is 0 Å². The Bertz CT molecular complexity index is 691. The standard InChI is InChI=1S/C19H22N2O2/c1-3-23-18(22)15-12-20-17(21-13-15)11-19(9-6-10-19)16-8-5-4-7-14(16)2/h4-5,7-8,12-13H,3,6,9-11H2,1-2H3. The van der Waals surface area contributed by atoms with Crippen LogP contribution >= 0.6 is 0 Å². The van der Waals surface area contributed by atoms with Crippen LogP contribution in [0.4, 0.5) is 0 Å². The van der Waals surface area contributed by atoms with Crippen molar-refractivity contribution in [2.24, 2.45) is 0 Å². The Morgan fingerprint density at radius 1 is 1.22 bits per heavy atom. The van der Waals surface area contributed by atoms with E-state index in [1.54, 1.807) is 19.3 Å². The second-order valence-electron chi connectivity index (χ2n) is 6.23. The van der Waals surface area contributed by atoms with E-state index >= 15 is 0 Å². The zero-order valence-electron chi connectivity index (χ0n) is 13.7. The van der Waals surface area contributed by atoms with Crippen LogP contribution in [0, 0.1) is 6.92 Å². The predicted octanol–water partition coefficient (Wildman–Crippen LogP) is 3.63. The van der Waals surface area contributed by atoms with E-state index in [1.165, 1.54) is 30.4 Å². The highest BCUT2D eigenvalue weighted by Crippen LogP contribution is 2.46. The molecule has 3 rings (SSSR count). The third-order valence-electron chi connectivity index (χ3n) is 4.74. The fourth-order valence-corrected chi connectivity index (χ4v) is 3.38. The number of ether oxygens (including phenoxy) is 1. The molecule has 4 heteroatoms. The van der Waals surface area contributed by atoms with E-state index in [1.807, 2.05) is 0 Å². The number of carbonyl (C=O) groups excluding carboxylic acids is 1. The summed E-state index contributed by atoms with van der Waals surface area (Å²) in [6.07, 6.45) is 7.55. The van der Waals surface area contributed by atoms with Crippen molar-refractivity contribution < 1.29 is 9.53 Å². The van der Waals surface area contributed by atoms with Gasteiger partial charge in [0, 0.05) is 24.2 Å². The molecule has 0 aliphatic heterocycles. The SMILES string of the molecule is CCOC(=O)c1cnc(CC2(c3ccccc3C)CCC2)nc1. The summed E-state index contributed by atoms with van der Waals surface area (Å²) >= 11 is 0. The molecule has 1 aromatic carbocycles. The molecule has 0 spiro atoms. The molecule has 0 N–H and O–H groups in total. The smallest absolute Gasteiger partial charge is 0.341 e. The van der Waals surface area contributed by atoms with Crippen LogP contribution in [0.1, 0.15) is 53.5 Å². The molecule has 2 aromatic rings. The predicted molar refractivity (Wildman–Crippen MR) is 88.4 cm³/mol. The van der Waals surface area contributed by atoms with E-state index in [0.717, 1.165) is 12.2 Å². The molecule has 1 saturated carbocycles. The lowest BCUT2D eigenvalue weighted by Gasteiger charge is -2.43. The summed E-state index contributed by atoms with van der Waals surface area (Å²) in [7, 11) is 0. The maximum absolute atomic E-state index is 11.7. The molecule has 0 unspecified atom stereocenters. The third-order valence-corrected chi connectivity index (χ3v) is 4.74. The van der Waals surface area contributed by atoms with E-state index in [9.17, 15) is 4.79 Å². The van der Waals surface area contributed by atoms with Crippen LogP contribution in [-0.4, -0.2) is 22.5 Å². The van der Waals surface area contributed by atoms with Crippen molar-refractivity contribution in [3.05, 3.63) is 59.2 Å². The monoisotopic (exact) mass is 310 g/mol. The molecule has 0 amide bonds. The van der Waals surface area contributed by atoms with Gasteiger partial charge in [-0.05, 0) is 37.8 Å². The minimum absolute atomic E-state index is 0.150. The second kappa shape index (κ2) is 6.49. The van der Waals surface area contributed by atoms with E-state index in [4.69, 9.17) is 4.74 Å². The Labute approximate surface area is 136 Å². The topological polar surface area (TPSA) is 52.1 Å². The largest absolute Gasteiger partial charge is 0.462 e. The fraction of sp³-hybridized carbons (Fsp3) is 0.421. The van der Waals surface area contributed by atoms with Crippen LogP contribution < -0.4 is 0 Å². The lowest BCUT2D eigenvalue weighted by atomic mass is 9.61. The van der Waals surface area contributed by atoms with Crippen LogP contribution in [0.2, 0.25) is 0 Å². The summed E-state index contributed by atoms with van der Waals surface area (Å²) in [6.45, 7) is 4.31. The molecule has 1 aliphatic carbocycles. The van der Waals surface area contributed by atoms with Crippen molar-refractivity contribution in [1.82, 2.24) is 9.97 Å². The van der Waals surface area contributed by atoms with Gasteiger partial charge >= 0.3 is 5.97 Å². The summed E-state index contributed by atoms with van der Waals surface area (Å²) in [6, 6.07) is 8.57. The van der Waals surface area contributed by atoms with Crippen molar-refractivity contribution in [3.8, 4) is 0 Å². The van der Waals surface area contributed by atoms with Gasteiger partial charge in [0.2, 0.25) is 0 Å². The van der Waals surface area contributed by atoms with Gasteiger partial charge in [-0.2, -0.15) is 0 Å². The van der Waals surface area contributed by atoms with Gasteiger partial charge in [0.25, 0.3) is 0 Å². The van der Waals surface area contributed by atoms with Crippen LogP contribution in [0.15, 0.2) is 36.7 Å². The molecule has 1 aliphatic rings. The van der Waals surface area contributed by atoms with Gasteiger partial charge in [-0.25, -0.2) is 14.8 Å². The Morgan fingerprint density at radius 2 is 1.91 bits per heavy atom. The number of hydrogen-bond acceptors (Lipinski definition) is 4. The summed E-state index contributed by atoms with van der Waals surface area (Å²) in [5.74, 6) is 0.428. The van der Waals surface area contributed by atoms with Gasteiger partial charge in [0.05, 0.1) is 12.2 Å². The summed E-state index contributed by atoms with van der Waals surface area (Å²) < 4.78 is 4.97. The van der Waals surface area contributed by atoms with Crippen molar-refractivity contribution >= 4 is 5.97 Å². The average Bonchev–Trinajstić information content (AvgIpc) is 2.52. The first-order valence-corrected chi connectivity index (χ1v) is 8.19.